The van der Waals surface area contributed by atoms with Gasteiger partial charge in [0.2, 0.25) is 5.91 Å². The lowest BCUT2D eigenvalue weighted by Crippen LogP contribution is -2.16. The van der Waals surface area contributed by atoms with Crippen molar-refractivity contribution in [2.24, 2.45) is 0 Å². The number of hydrogen-bond donors (Lipinski definition) is 1. The number of methoxy groups -OCH3 is 1. The van der Waals surface area contributed by atoms with Crippen LogP contribution in [0.25, 0.3) is 0 Å². The fraction of sp³-hybridized carbons (Fsp3) is 0.278. The molecule has 1 heterocycles. The molecular formula is C18H17Cl2NO4S. The Morgan fingerprint density at radius 1 is 1.19 bits per heavy atom. The standard InChI is InChI=1S/C18H17Cl2NO4S/c1-23-15-3-2-12(8-13(15)19)21-17(22)10-26-9-11-6-14(20)18-16(7-11)24-4-5-25-18/h2-3,6-8H,4-5,9-10H2,1H3,(H,21,22). The van der Waals surface area contributed by atoms with E-state index >= 15 is 0 Å². The van der Waals surface area contributed by atoms with Crippen molar-refractivity contribution >= 4 is 46.6 Å². The van der Waals surface area contributed by atoms with Crippen LogP contribution in [0.15, 0.2) is 30.3 Å². The van der Waals surface area contributed by atoms with Crippen molar-refractivity contribution in [2.45, 2.75) is 5.75 Å². The normalized spacial score (nSPS) is 12.6. The minimum absolute atomic E-state index is 0.111. The predicted octanol–water partition coefficient (Wildman–Crippen LogP) is 4.65. The molecule has 2 aromatic carbocycles. The highest BCUT2D eigenvalue weighted by atomic mass is 35.5. The number of hydrogen-bond acceptors (Lipinski definition) is 5. The van der Waals surface area contributed by atoms with Gasteiger partial charge in [-0.15, -0.1) is 11.8 Å². The molecule has 1 N–H and O–H groups in total. The van der Waals surface area contributed by atoms with Crippen molar-refractivity contribution in [3.63, 3.8) is 0 Å². The summed E-state index contributed by atoms with van der Waals surface area (Å²) in [6.07, 6.45) is 0. The van der Waals surface area contributed by atoms with Gasteiger partial charge in [-0.25, -0.2) is 0 Å². The van der Waals surface area contributed by atoms with E-state index < -0.39 is 0 Å². The highest BCUT2D eigenvalue weighted by molar-refractivity contribution is 7.99. The van der Waals surface area contributed by atoms with Crippen molar-refractivity contribution < 1.29 is 19.0 Å². The average Bonchev–Trinajstić information content (AvgIpc) is 2.62. The number of ether oxygens (including phenoxy) is 3. The molecule has 0 fully saturated rings. The molecule has 8 heteroatoms. The van der Waals surface area contributed by atoms with Crippen LogP contribution >= 0.6 is 35.0 Å². The predicted molar refractivity (Wildman–Crippen MR) is 105 cm³/mol. The van der Waals surface area contributed by atoms with E-state index in [1.807, 2.05) is 12.1 Å². The summed E-state index contributed by atoms with van der Waals surface area (Å²) < 4.78 is 16.1. The minimum atomic E-state index is -0.111. The van der Waals surface area contributed by atoms with Gasteiger partial charge in [0.25, 0.3) is 0 Å². The lowest BCUT2D eigenvalue weighted by molar-refractivity contribution is -0.113. The Morgan fingerprint density at radius 3 is 2.77 bits per heavy atom. The maximum absolute atomic E-state index is 12.1. The molecule has 0 unspecified atom stereocenters. The molecule has 0 radical (unpaired) electrons. The summed E-state index contributed by atoms with van der Waals surface area (Å²) in [5.41, 5.74) is 1.60. The summed E-state index contributed by atoms with van der Waals surface area (Å²) in [7, 11) is 1.54. The molecule has 5 nitrogen and oxygen atoms in total. The van der Waals surface area contributed by atoms with E-state index in [4.69, 9.17) is 37.4 Å². The van der Waals surface area contributed by atoms with Crippen molar-refractivity contribution in [1.82, 2.24) is 0 Å². The highest BCUT2D eigenvalue weighted by Gasteiger charge is 2.16. The van der Waals surface area contributed by atoms with E-state index in [2.05, 4.69) is 5.32 Å². The summed E-state index contributed by atoms with van der Waals surface area (Å²) in [5, 5.41) is 3.78. The molecule has 1 amide bonds. The molecule has 2 aromatic rings. The maximum atomic E-state index is 12.1. The van der Waals surface area contributed by atoms with Crippen molar-refractivity contribution in [2.75, 3.05) is 31.4 Å². The van der Waals surface area contributed by atoms with E-state index in [0.717, 1.165) is 5.56 Å². The Morgan fingerprint density at radius 2 is 2.00 bits per heavy atom. The van der Waals surface area contributed by atoms with Gasteiger partial charge in [0.1, 0.15) is 19.0 Å². The second kappa shape index (κ2) is 8.75. The number of benzene rings is 2. The van der Waals surface area contributed by atoms with Crippen LogP contribution in [0.3, 0.4) is 0 Å². The number of carbonyl (C=O) groups excluding carboxylic acids is 1. The fourth-order valence-electron chi connectivity index (χ4n) is 2.45. The average molecular weight is 414 g/mol. The van der Waals surface area contributed by atoms with Crippen LogP contribution < -0.4 is 19.5 Å². The largest absolute Gasteiger partial charge is 0.495 e. The molecule has 0 aliphatic carbocycles. The van der Waals surface area contributed by atoms with Gasteiger partial charge in [-0.1, -0.05) is 23.2 Å². The first-order chi connectivity index (χ1) is 12.6. The van der Waals surface area contributed by atoms with E-state index in [9.17, 15) is 4.79 Å². The van der Waals surface area contributed by atoms with Crippen LogP contribution in [0, 0.1) is 0 Å². The molecule has 0 saturated heterocycles. The second-order valence-electron chi connectivity index (χ2n) is 5.49. The minimum Gasteiger partial charge on any atom is -0.495 e. The van der Waals surface area contributed by atoms with Crippen LogP contribution in [-0.2, 0) is 10.5 Å². The molecule has 0 atom stereocenters. The van der Waals surface area contributed by atoms with Gasteiger partial charge in [-0.05, 0) is 35.9 Å². The Hall–Kier alpha value is -1.76. The van der Waals surface area contributed by atoms with Crippen LogP contribution in [0.2, 0.25) is 10.0 Å². The lowest BCUT2D eigenvalue weighted by Gasteiger charge is -2.20. The van der Waals surface area contributed by atoms with Gasteiger partial charge < -0.3 is 19.5 Å². The third kappa shape index (κ3) is 4.69. The topological polar surface area (TPSA) is 56.8 Å². The molecular weight excluding hydrogens is 397 g/mol. The molecule has 1 aliphatic heterocycles. The maximum Gasteiger partial charge on any atom is 0.234 e. The van der Waals surface area contributed by atoms with Gasteiger partial charge in [-0.2, -0.15) is 0 Å². The molecule has 0 spiro atoms. The smallest absolute Gasteiger partial charge is 0.234 e. The summed E-state index contributed by atoms with van der Waals surface area (Å²) in [5.74, 6) is 2.62. The highest BCUT2D eigenvalue weighted by Crippen LogP contribution is 2.39. The molecule has 0 bridgehead atoms. The van der Waals surface area contributed by atoms with Crippen molar-refractivity contribution in [1.29, 1.82) is 0 Å². The fourth-order valence-corrected chi connectivity index (χ4v) is 3.76. The summed E-state index contributed by atoms with van der Waals surface area (Å²) in [6, 6.07) is 8.84. The number of amides is 1. The quantitative estimate of drug-likeness (QED) is 0.746. The van der Waals surface area contributed by atoms with Crippen LogP contribution in [0.5, 0.6) is 17.2 Å². The zero-order valence-electron chi connectivity index (χ0n) is 14.0. The number of nitrogens with one attached hydrogen (secondary N) is 1. The van der Waals surface area contributed by atoms with Gasteiger partial charge in [0.15, 0.2) is 11.5 Å². The van der Waals surface area contributed by atoms with Crippen molar-refractivity contribution in [3.05, 3.63) is 45.9 Å². The van der Waals surface area contributed by atoms with E-state index in [-0.39, 0.29) is 5.91 Å². The van der Waals surface area contributed by atoms with E-state index in [0.29, 0.717) is 57.7 Å². The first kappa shape index (κ1) is 19.0. The number of halogens is 2. The van der Waals surface area contributed by atoms with Gasteiger partial charge in [-0.3, -0.25) is 4.79 Å². The Labute approximate surface area is 165 Å². The molecule has 0 saturated carbocycles. The Balaban J connectivity index is 1.52. The van der Waals surface area contributed by atoms with E-state index in [1.165, 1.54) is 11.8 Å². The Kier molecular flexibility index (Phi) is 6.40. The molecule has 1 aliphatic rings. The lowest BCUT2D eigenvalue weighted by atomic mass is 10.2. The van der Waals surface area contributed by atoms with Crippen LogP contribution in [0.4, 0.5) is 5.69 Å². The summed E-state index contributed by atoms with van der Waals surface area (Å²) in [6.45, 7) is 1.00. The van der Waals surface area contributed by atoms with Gasteiger partial charge in [0, 0.05) is 11.4 Å². The Bertz CT molecular complexity index is 816. The first-order valence-electron chi connectivity index (χ1n) is 7.86. The third-order valence-electron chi connectivity index (χ3n) is 3.59. The number of carbonyl (C=O) groups is 1. The number of fused-ring (bicyclic) bond motifs is 1. The zero-order valence-corrected chi connectivity index (χ0v) is 16.3. The monoisotopic (exact) mass is 413 g/mol. The SMILES string of the molecule is COc1ccc(NC(=O)CSCc2cc(Cl)c3c(c2)OCCO3)cc1Cl. The van der Waals surface area contributed by atoms with E-state index in [1.54, 1.807) is 25.3 Å². The summed E-state index contributed by atoms with van der Waals surface area (Å²) >= 11 is 13.8. The third-order valence-corrected chi connectivity index (χ3v) is 5.17. The molecule has 138 valence electrons. The molecule has 3 rings (SSSR count). The number of thioether (sulfide) groups is 1. The van der Waals surface area contributed by atoms with Crippen LogP contribution in [-0.4, -0.2) is 32.0 Å². The summed E-state index contributed by atoms with van der Waals surface area (Å²) in [4.78, 5) is 12.1. The van der Waals surface area contributed by atoms with Crippen molar-refractivity contribution in [3.8, 4) is 17.2 Å². The first-order valence-corrected chi connectivity index (χ1v) is 9.77. The number of anilines is 1. The second-order valence-corrected chi connectivity index (χ2v) is 7.29. The number of rotatable bonds is 6. The van der Waals surface area contributed by atoms with Gasteiger partial charge in [0.05, 0.1) is 22.9 Å². The molecule has 0 aromatic heterocycles. The van der Waals surface area contributed by atoms with Gasteiger partial charge >= 0.3 is 0 Å². The zero-order chi connectivity index (χ0) is 18.5. The molecule has 26 heavy (non-hydrogen) atoms. The van der Waals surface area contributed by atoms with Crippen LogP contribution in [0.1, 0.15) is 5.56 Å².